The Labute approximate surface area is 169 Å². The van der Waals surface area contributed by atoms with Gasteiger partial charge in [0, 0.05) is 29.5 Å². The fraction of sp³-hybridized carbons (Fsp3) is 0.304. The van der Waals surface area contributed by atoms with Crippen LogP contribution < -0.4 is 15.7 Å². The van der Waals surface area contributed by atoms with Crippen molar-refractivity contribution in [1.29, 1.82) is 0 Å². The number of phenols is 1. The number of phenolic OH excluding ortho intramolecular Hbond substituents is 1. The Hall–Kier alpha value is -3.28. The lowest BCUT2D eigenvalue weighted by Gasteiger charge is -2.11. The highest BCUT2D eigenvalue weighted by Crippen LogP contribution is 2.29. The Balaban J connectivity index is 1.64. The van der Waals surface area contributed by atoms with Gasteiger partial charge in [-0.2, -0.15) is 0 Å². The Morgan fingerprint density at radius 3 is 2.48 bits per heavy atom. The van der Waals surface area contributed by atoms with Gasteiger partial charge >= 0.3 is 5.63 Å². The molecule has 0 radical (unpaired) electrons. The van der Waals surface area contributed by atoms with Crippen molar-refractivity contribution in [1.82, 2.24) is 5.32 Å². The summed E-state index contributed by atoms with van der Waals surface area (Å²) in [5, 5.41) is 13.0. The van der Waals surface area contributed by atoms with E-state index in [1.165, 1.54) is 0 Å². The topological polar surface area (TPSA) is 88.8 Å². The van der Waals surface area contributed by atoms with Gasteiger partial charge in [0.25, 0.3) is 0 Å². The molecule has 6 nitrogen and oxygen atoms in total. The summed E-state index contributed by atoms with van der Waals surface area (Å²) in [4.78, 5) is 24.7. The second-order valence-electron chi connectivity index (χ2n) is 7.03. The molecule has 2 aromatic carbocycles. The average Bonchev–Trinajstić information content (AvgIpc) is 2.70. The predicted octanol–water partition coefficient (Wildman–Crippen LogP) is 3.42. The lowest BCUT2D eigenvalue weighted by molar-refractivity contribution is -0.121. The fourth-order valence-corrected chi connectivity index (χ4v) is 3.42. The molecular formula is C23H25NO5. The molecule has 0 bridgehead atoms. The van der Waals surface area contributed by atoms with Crippen LogP contribution in [0.1, 0.15) is 28.7 Å². The zero-order valence-corrected chi connectivity index (χ0v) is 16.9. The van der Waals surface area contributed by atoms with Crippen molar-refractivity contribution in [2.24, 2.45) is 0 Å². The standard InChI is InChI=1S/C23H25NO5/c1-14-18-8-10-20(28-3)15(2)22(18)29-23(27)19(14)9-11-21(26)24-13-12-16-4-6-17(25)7-5-16/h4-8,10,25H,9,11-13H2,1-3H3,(H,24,26). The molecule has 2 N–H and O–H groups in total. The SMILES string of the molecule is COc1ccc2c(C)c(CCC(=O)NCCc3ccc(O)cc3)c(=O)oc2c1C. The second-order valence-corrected chi connectivity index (χ2v) is 7.03. The van der Waals surface area contributed by atoms with Gasteiger partial charge in [-0.15, -0.1) is 0 Å². The molecule has 0 spiro atoms. The second kappa shape index (κ2) is 8.82. The number of hydrogen-bond acceptors (Lipinski definition) is 5. The number of nitrogens with one attached hydrogen (secondary N) is 1. The maximum absolute atomic E-state index is 12.5. The Morgan fingerprint density at radius 2 is 1.79 bits per heavy atom. The number of hydrogen-bond donors (Lipinski definition) is 2. The summed E-state index contributed by atoms with van der Waals surface area (Å²) in [5.74, 6) is 0.769. The van der Waals surface area contributed by atoms with Crippen LogP contribution in [-0.4, -0.2) is 24.7 Å². The van der Waals surface area contributed by atoms with E-state index < -0.39 is 5.63 Å². The third-order valence-corrected chi connectivity index (χ3v) is 5.15. The highest BCUT2D eigenvalue weighted by molar-refractivity contribution is 5.85. The van der Waals surface area contributed by atoms with Gasteiger partial charge in [-0.25, -0.2) is 4.79 Å². The summed E-state index contributed by atoms with van der Waals surface area (Å²) in [7, 11) is 1.58. The van der Waals surface area contributed by atoms with Crippen molar-refractivity contribution in [3.8, 4) is 11.5 Å². The van der Waals surface area contributed by atoms with E-state index in [0.717, 1.165) is 22.1 Å². The molecule has 1 amide bonds. The first kappa shape index (κ1) is 20.5. The lowest BCUT2D eigenvalue weighted by atomic mass is 10.00. The van der Waals surface area contributed by atoms with Crippen LogP contribution >= 0.6 is 0 Å². The Bertz CT molecular complexity index is 1080. The molecule has 0 saturated heterocycles. The molecular weight excluding hydrogens is 370 g/mol. The maximum atomic E-state index is 12.5. The molecule has 6 heteroatoms. The van der Waals surface area contributed by atoms with Gasteiger partial charge in [0.05, 0.1) is 7.11 Å². The van der Waals surface area contributed by atoms with Crippen molar-refractivity contribution in [3.05, 3.63) is 69.1 Å². The van der Waals surface area contributed by atoms with Gasteiger partial charge in [-0.05, 0) is 62.1 Å². The zero-order valence-electron chi connectivity index (χ0n) is 16.9. The van der Waals surface area contributed by atoms with E-state index in [0.29, 0.717) is 36.3 Å². The minimum absolute atomic E-state index is 0.117. The third kappa shape index (κ3) is 4.59. The molecule has 0 unspecified atom stereocenters. The monoisotopic (exact) mass is 395 g/mol. The van der Waals surface area contributed by atoms with Crippen LogP contribution in [0.5, 0.6) is 11.5 Å². The number of aryl methyl sites for hydroxylation is 2. The summed E-state index contributed by atoms with van der Waals surface area (Å²) >= 11 is 0. The number of carbonyl (C=O) groups excluding carboxylic acids is 1. The number of ether oxygens (including phenoxy) is 1. The molecule has 29 heavy (non-hydrogen) atoms. The first-order valence-electron chi connectivity index (χ1n) is 9.55. The molecule has 0 aliphatic rings. The number of carbonyl (C=O) groups is 1. The van der Waals surface area contributed by atoms with Crippen molar-refractivity contribution in [2.75, 3.05) is 13.7 Å². The summed E-state index contributed by atoms with van der Waals surface area (Å²) in [5.41, 5.74) is 3.27. The van der Waals surface area contributed by atoms with E-state index in [1.54, 1.807) is 19.2 Å². The number of benzene rings is 2. The van der Waals surface area contributed by atoms with Crippen LogP contribution in [-0.2, 0) is 17.6 Å². The summed E-state index contributed by atoms with van der Waals surface area (Å²) in [6.07, 6.45) is 1.20. The van der Waals surface area contributed by atoms with Gasteiger partial charge in [-0.1, -0.05) is 12.1 Å². The Kier molecular flexibility index (Phi) is 6.22. The fourth-order valence-electron chi connectivity index (χ4n) is 3.42. The molecule has 0 atom stereocenters. The lowest BCUT2D eigenvalue weighted by Crippen LogP contribution is -2.26. The van der Waals surface area contributed by atoms with Gasteiger partial charge < -0.3 is 19.6 Å². The summed E-state index contributed by atoms with van der Waals surface area (Å²) < 4.78 is 10.8. The zero-order chi connectivity index (χ0) is 21.0. The maximum Gasteiger partial charge on any atom is 0.339 e. The van der Waals surface area contributed by atoms with E-state index in [9.17, 15) is 14.7 Å². The van der Waals surface area contributed by atoms with Crippen molar-refractivity contribution < 1.29 is 19.1 Å². The summed E-state index contributed by atoms with van der Waals surface area (Å²) in [6.45, 7) is 4.22. The molecule has 0 aliphatic carbocycles. The molecule has 0 fully saturated rings. The molecule has 0 aliphatic heterocycles. The van der Waals surface area contributed by atoms with E-state index in [4.69, 9.17) is 9.15 Å². The molecule has 0 saturated carbocycles. The van der Waals surface area contributed by atoms with E-state index >= 15 is 0 Å². The van der Waals surface area contributed by atoms with Crippen LogP contribution in [0.4, 0.5) is 0 Å². The highest BCUT2D eigenvalue weighted by atomic mass is 16.5. The van der Waals surface area contributed by atoms with E-state index in [-0.39, 0.29) is 18.1 Å². The first-order valence-corrected chi connectivity index (χ1v) is 9.55. The minimum Gasteiger partial charge on any atom is -0.508 e. The average molecular weight is 395 g/mol. The van der Waals surface area contributed by atoms with Gasteiger partial charge in [0.2, 0.25) is 5.91 Å². The predicted molar refractivity (Wildman–Crippen MR) is 112 cm³/mol. The molecule has 1 aromatic heterocycles. The smallest absolute Gasteiger partial charge is 0.339 e. The van der Waals surface area contributed by atoms with Crippen molar-refractivity contribution >= 4 is 16.9 Å². The van der Waals surface area contributed by atoms with E-state index in [1.807, 2.05) is 38.1 Å². The third-order valence-electron chi connectivity index (χ3n) is 5.15. The number of fused-ring (bicyclic) bond motifs is 1. The largest absolute Gasteiger partial charge is 0.508 e. The number of rotatable bonds is 7. The van der Waals surface area contributed by atoms with Gasteiger partial charge in [0.15, 0.2) is 0 Å². The number of methoxy groups -OCH3 is 1. The van der Waals surface area contributed by atoms with Crippen molar-refractivity contribution in [3.63, 3.8) is 0 Å². The normalized spacial score (nSPS) is 10.9. The van der Waals surface area contributed by atoms with Crippen LogP contribution in [0.2, 0.25) is 0 Å². The summed E-state index contributed by atoms with van der Waals surface area (Å²) in [6, 6.07) is 10.6. The van der Waals surface area contributed by atoms with Crippen LogP contribution in [0.25, 0.3) is 11.0 Å². The number of aromatic hydroxyl groups is 1. The quantitative estimate of drug-likeness (QED) is 0.599. The molecule has 152 valence electrons. The number of amides is 1. The molecule has 1 heterocycles. The van der Waals surface area contributed by atoms with Gasteiger partial charge in [-0.3, -0.25) is 4.79 Å². The van der Waals surface area contributed by atoms with E-state index in [2.05, 4.69) is 5.32 Å². The van der Waals surface area contributed by atoms with Crippen LogP contribution in [0.15, 0.2) is 45.6 Å². The highest BCUT2D eigenvalue weighted by Gasteiger charge is 2.16. The first-order chi connectivity index (χ1) is 13.9. The van der Waals surface area contributed by atoms with Crippen LogP contribution in [0, 0.1) is 13.8 Å². The Morgan fingerprint density at radius 1 is 1.07 bits per heavy atom. The molecule has 3 rings (SSSR count). The van der Waals surface area contributed by atoms with Crippen molar-refractivity contribution in [2.45, 2.75) is 33.1 Å². The van der Waals surface area contributed by atoms with Crippen LogP contribution in [0.3, 0.4) is 0 Å². The molecule has 3 aromatic rings. The van der Waals surface area contributed by atoms with Gasteiger partial charge in [0.1, 0.15) is 17.1 Å². The minimum atomic E-state index is -0.414.